The Labute approximate surface area is 117 Å². The molecule has 0 amide bonds. The van der Waals surface area contributed by atoms with Crippen LogP contribution in [-0.2, 0) is 12.8 Å². The van der Waals surface area contributed by atoms with Gasteiger partial charge in [-0.15, -0.1) is 0 Å². The zero-order valence-electron chi connectivity index (χ0n) is 12.7. The van der Waals surface area contributed by atoms with E-state index >= 15 is 0 Å². The van der Waals surface area contributed by atoms with Gasteiger partial charge in [-0.3, -0.25) is 0 Å². The Balaban J connectivity index is 3.05. The number of nitrogens with two attached hydrogens (primary N) is 1. The number of aryl methyl sites for hydroxylation is 1. The highest BCUT2D eigenvalue weighted by Crippen LogP contribution is 2.32. The fourth-order valence-electron chi connectivity index (χ4n) is 2.07. The van der Waals surface area contributed by atoms with Crippen molar-refractivity contribution in [3.8, 4) is 11.5 Å². The van der Waals surface area contributed by atoms with Gasteiger partial charge in [0, 0.05) is 6.04 Å². The fourth-order valence-corrected chi connectivity index (χ4v) is 2.07. The topological polar surface area (TPSA) is 44.5 Å². The van der Waals surface area contributed by atoms with Crippen LogP contribution in [0, 0.1) is 0 Å². The van der Waals surface area contributed by atoms with E-state index in [0.717, 1.165) is 37.2 Å². The van der Waals surface area contributed by atoms with E-state index in [4.69, 9.17) is 15.2 Å². The molecule has 3 nitrogen and oxygen atoms in total. The monoisotopic (exact) mass is 265 g/mol. The van der Waals surface area contributed by atoms with E-state index in [1.807, 2.05) is 0 Å². The van der Waals surface area contributed by atoms with Crippen molar-refractivity contribution in [3.63, 3.8) is 0 Å². The fraction of sp³-hybridized carbons (Fsp3) is 0.625. The summed E-state index contributed by atoms with van der Waals surface area (Å²) in [5.41, 5.74) is 8.65. The van der Waals surface area contributed by atoms with Crippen LogP contribution < -0.4 is 15.2 Å². The molecule has 19 heavy (non-hydrogen) atoms. The molecule has 0 saturated heterocycles. The first-order valence-corrected chi connectivity index (χ1v) is 7.24. The Morgan fingerprint density at radius 2 is 1.79 bits per heavy atom. The van der Waals surface area contributed by atoms with Crippen LogP contribution in [0.4, 0.5) is 0 Å². The Morgan fingerprint density at radius 3 is 2.32 bits per heavy atom. The van der Waals surface area contributed by atoms with Gasteiger partial charge in [-0.25, -0.2) is 0 Å². The molecule has 1 unspecified atom stereocenters. The van der Waals surface area contributed by atoms with E-state index in [0.29, 0.717) is 6.61 Å². The molecule has 0 spiro atoms. The first-order valence-electron chi connectivity index (χ1n) is 7.24. The standard InChI is InChI=1S/C16H27NO2/c1-5-8-19-16-11-13(9-14(17)7-3)12(6-2)10-15(16)18-4/h10-11,14H,5-9,17H2,1-4H3. The van der Waals surface area contributed by atoms with Crippen molar-refractivity contribution in [2.24, 2.45) is 5.73 Å². The Morgan fingerprint density at radius 1 is 1.11 bits per heavy atom. The predicted octanol–water partition coefficient (Wildman–Crippen LogP) is 3.33. The molecule has 0 aliphatic rings. The highest BCUT2D eigenvalue weighted by Gasteiger charge is 2.12. The van der Waals surface area contributed by atoms with Crippen LogP contribution in [0.2, 0.25) is 0 Å². The van der Waals surface area contributed by atoms with Gasteiger partial charge >= 0.3 is 0 Å². The average molecular weight is 265 g/mol. The third-order valence-corrected chi connectivity index (χ3v) is 3.33. The summed E-state index contributed by atoms with van der Waals surface area (Å²) in [6, 6.07) is 4.39. The smallest absolute Gasteiger partial charge is 0.161 e. The normalized spacial score (nSPS) is 12.3. The predicted molar refractivity (Wildman–Crippen MR) is 80.1 cm³/mol. The number of rotatable bonds is 8. The van der Waals surface area contributed by atoms with E-state index in [-0.39, 0.29) is 6.04 Å². The van der Waals surface area contributed by atoms with Crippen molar-refractivity contribution < 1.29 is 9.47 Å². The summed E-state index contributed by atoms with van der Waals surface area (Å²) in [5.74, 6) is 1.65. The van der Waals surface area contributed by atoms with E-state index in [9.17, 15) is 0 Å². The van der Waals surface area contributed by atoms with E-state index in [1.54, 1.807) is 7.11 Å². The van der Waals surface area contributed by atoms with Crippen molar-refractivity contribution in [2.75, 3.05) is 13.7 Å². The lowest BCUT2D eigenvalue weighted by Gasteiger charge is -2.17. The molecule has 1 aromatic carbocycles. The third kappa shape index (κ3) is 4.43. The Bertz CT molecular complexity index is 391. The third-order valence-electron chi connectivity index (χ3n) is 3.33. The quantitative estimate of drug-likeness (QED) is 0.784. The van der Waals surface area contributed by atoms with Gasteiger partial charge < -0.3 is 15.2 Å². The van der Waals surface area contributed by atoms with Gasteiger partial charge in [-0.05, 0) is 48.9 Å². The molecule has 1 atom stereocenters. The lowest BCUT2D eigenvalue weighted by Crippen LogP contribution is -2.22. The van der Waals surface area contributed by atoms with Crippen LogP contribution in [0.3, 0.4) is 0 Å². The van der Waals surface area contributed by atoms with Gasteiger partial charge in [-0.1, -0.05) is 20.8 Å². The summed E-state index contributed by atoms with van der Waals surface area (Å²) >= 11 is 0. The number of benzene rings is 1. The molecule has 1 rings (SSSR count). The van der Waals surface area contributed by atoms with Crippen LogP contribution in [0.15, 0.2) is 12.1 Å². The Kier molecular flexibility index (Phi) is 6.71. The number of methoxy groups -OCH3 is 1. The lowest BCUT2D eigenvalue weighted by molar-refractivity contribution is 0.293. The molecule has 1 aromatic rings. The second kappa shape index (κ2) is 8.05. The van der Waals surface area contributed by atoms with Crippen molar-refractivity contribution in [2.45, 2.75) is 52.5 Å². The van der Waals surface area contributed by atoms with Crippen molar-refractivity contribution in [3.05, 3.63) is 23.3 Å². The summed E-state index contributed by atoms with van der Waals surface area (Å²) < 4.78 is 11.2. The maximum Gasteiger partial charge on any atom is 0.161 e. The lowest BCUT2D eigenvalue weighted by atomic mass is 9.97. The first kappa shape index (κ1) is 15.8. The second-order valence-electron chi connectivity index (χ2n) is 4.85. The van der Waals surface area contributed by atoms with Crippen LogP contribution in [0.1, 0.15) is 44.7 Å². The molecule has 0 fully saturated rings. The number of hydrogen-bond donors (Lipinski definition) is 1. The molecule has 108 valence electrons. The largest absolute Gasteiger partial charge is 0.493 e. The molecule has 3 heteroatoms. The van der Waals surface area contributed by atoms with Gasteiger partial charge in [0.15, 0.2) is 11.5 Å². The molecule has 0 heterocycles. The van der Waals surface area contributed by atoms with E-state index in [1.165, 1.54) is 11.1 Å². The van der Waals surface area contributed by atoms with Crippen LogP contribution >= 0.6 is 0 Å². The minimum Gasteiger partial charge on any atom is -0.493 e. The summed E-state index contributed by atoms with van der Waals surface area (Å²) in [7, 11) is 1.69. The number of ether oxygens (including phenoxy) is 2. The number of hydrogen-bond acceptors (Lipinski definition) is 3. The van der Waals surface area contributed by atoms with Crippen LogP contribution in [0.25, 0.3) is 0 Å². The molecule has 0 aliphatic heterocycles. The maximum absolute atomic E-state index is 6.08. The highest BCUT2D eigenvalue weighted by molar-refractivity contribution is 5.47. The van der Waals surface area contributed by atoms with Gasteiger partial charge in [0.05, 0.1) is 13.7 Å². The van der Waals surface area contributed by atoms with Gasteiger partial charge in [0.1, 0.15) is 0 Å². The molecule has 0 saturated carbocycles. The zero-order chi connectivity index (χ0) is 14.3. The van der Waals surface area contributed by atoms with Crippen LogP contribution in [0.5, 0.6) is 11.5 Å². The molecular formula is C16H27NO2. The van der Waals surface area contributed by atoms with E-state index < -0.39 is 0 Å². The summed E-state index contributed by atoms with van der Waals surface area (Å²) in [6.45, 7) is 7.08. The maximum atomic E-state index is 6.08. The average Bonchev–Trinajstić information content (AvgIpc) is 2.44. The molecule has 2 N–H and O–H groups in total. The van der Waals surface area contributed by atoms with Gasteiger partial charge in [0.2, 0.25) is 0 Å². The molecule has 0 bridgehead atoms. The SMILES string of the molecule is CCCOc1cc(CC(N)CC)c(CC)cc1OC. The summed E-state index contributed by atoms with van der Waals surface area (Å²) in [6.07, 6.45) is 3.85. The summed E-state index contributed by atoms with van der Waals surface area (Å²) in [4.78, 5) is 0. The summed E-state index contributed by atoms with van der Waals surface area (Å²) in [5, 5.41) is 0. The minimum atomic E-state index is 0.206. The van der Waals surface area contributed by atoms with Gasteiger partial charge in [-0.2, -0.15) is 0 Å². The minimum absolute atomic E-state index is 0.206. The molecule has 0 aliphatic carbocycles. The van der Waals surface area contributed by atoms with Crippen molar-refractivity contribution in [1.82, 2.24) is 0 Å². The Hall–Kier alpha value is -1.22. The highest BCUT2D eigenvalue weighted by atomic mass is 16.5. The van der Waals surface area contributed by atoms with Crippen LogP contribution in [-0.4, -0.2) is 19.8 Å². The molecule has 0 radical (unpaired) electrons. The van der Waals surface area contributed by atoms with Gasteiger partial charge in [0.25, 0.3) is 0 Å². The molecular weight excluding hydrogens is 238 g/mol. The van der Waals surface area contributed by atoms with Crippen molar-refractivity contribution >= 4 is 0 Å². The van der Waals surface area contributed by atoms with Crippen molar-refractivity contribution in [1.29, 1.82) is 0 Å². The first-order chi connectivity index (χ1) is 9.15. The second-order valence-corrected chi connectivity index (χ2v) is 4.85. The zero-order valence-corrected chi connectivity index (χ0v) is 12.7. The molecule has 0 aromatic heterocycles. The van der Waals surface area contributed by atoms with E-state index in [2.05, 4.69) is 32.9 Å².